The van der Waals surface area contributed by atoms with Crippen molar-refractivity contribution in [3.63, 3.8) is 0 Å². The highest BCUT2D eigenvalue weighted by atomic mass is 32.1. The zero-order valence-corrected chi connectivity index (χ0v) is 17.5. The molecule has 0 atom stereocenters. The number of ether oxygens (including phenoxy) is 3. The SMILES string of the molecule is COc1ccc(N2C(=O)/C(=C\c3cc([N+](=O)[O-])c(OC)cc3OC)C(=O)NC2=S)cc1. The number of nitrogens with zero attached hydrogens (tertiary/aromatic N) is 2. The smallest absolute Gasteiger partial charge is 0.311 e. The van der Waals surface area contributed by atoms with Gasteiger partial charge in [0.1, 0.15) is 17.1 Å². The van der Waals surface area contributed by atoms with E-state index in [1.807, 2.05) is 0 Å². The molecule has 2 aromatic carbocycles. The predicted molar refractivity (Wildman–Crippen MR) is 115 cm³/mol. The summed E-state index contributed by atoms with van der Waals surface area (Å²) in [7, 11) is 4.14. The Bertz CT molecular complexity index is 1110. The molecule has 160 valence electrons. The molecule has 0 unspecified atom stereocenters. The number of hydrogen-bond donors (Lipinski definition) is 1. The van der Waals surface area contributed by atoms with Crippen molar-refractivity contribution in [3.8, 4) is 17.2 Å². The number of carbonyl (C=O) groups excluding carboxylic acids is 2. The number of nitro benzene ring substituents is 1. The van der Waals surface area contributed by atoms with Crippen LogP contribution in [-0.2, 0) is 9.59 Å². The highest BCUT2D eigenvalue weighted by Crippen LogP contribution is 2.36. The van der Waals surface area contributed by atoms with Crippen LogP contribution in [0.15, 0.2) is 42.0 Å². The Kier molecular flexibility index (Phi) is 6.16. The summed E-state index contributed by atoms with van der Waals surface area (Å²) in [5.41, 5.74) is -0.0612. The van der Waals surface area contributed by atoms with E-state index >= 15 is 0 Å². The fraction of sp³-hybridized carbons (Fsp3) is 0.150. The van der Waals surface area contributed by atoms with Crippen molar-refractivity contribution in [2.45, 2.75) is 0 Å². The topological polar surface area (TPSA) is 120 Å². The number of methoxy groups -OCH3 is 3. The van der Waals surface area contributed by atoms with Gasteiger partial charge in [-0.25, -0.2) is 0 Å². The molecule has 10 nitrogen and oxygen atoms in total. The van der Waals surface area contributed by atoms with Gasteiger partial charge in [0.15, 0.2) is 5.11 Å². The predicted octanol–water partition coefficient (Wildman–Crippen LogP) is 2.45. The second kappa shape index (κ2) is 8.79. The molecular weight excluding hydrogens is 426 g/mol. The van der Waals surface area contributed by atoms with E-state index in [0.29, 0.717) is 11.4 Å². The molecule has 1 aliphatic heterocycles. The van der Waals surface area contributed by atoms with Crippen molar-refractivity contribution in [1.82, 2.24) is 5.32 Å². The first-order valence-corrected chi connectivity index (χ1v) is 9.17. The summed E-state index contributed by atoms with van der Waals surface area (Å²) in [6, 6.07) is 8.97. The Labute approximate surface area is 182 Å². The van der Waals surface area contributed by atoms with Gasteiger partial charge in [-0.2, -0.15) is 0 Å². The molecule has 1 aliphatic rings. The van der Waals surface area contributed by atoms with Gasteiger partial charge in [-0.05, 0) is 42.6 Å². The lowest BCUT2D eigenvalue weighted by molar-refractivity contribution is -0.385. The Morgan fingerprint density at radius 2 is 1.68 bits per heavy atom. The van der Waals surface area contributed by atoms with Crippen molar-refractivity contribution < 1.29 is 28.7 Å². The minimum absolute atomic E-state index is 0.0236. The van der Waals surface area contributed by atoms with Crippen LogP contribution >= 0.6 is 12.2 Å². The molecule has 0 aromatic heterocycles. The summed E-state index contributed by atoms with van der Waals surface area (Å²) in [4.78, 5) is 37.5. The van der Waals surface area contributed by atoms with Gasteiger partial charge in [0, 0.05) is 17.7 Å². The Balaban J connectivity index is 2.09. The first-order chi connectivity index (χ1) is 14.8. The number of rotatable bonds is 6. The number of benzene rings is 2. The molecule has 11 heteroatoms. The lowest BCUT2D eigenvalue weighted by atomic mass is 10.0. The second-order valence-electron chi connectivity index (χ2n) is 6.18. The van der Waals surface area contributed by atoms with Crippen LogP contribution in [0, 0.1) is 10.1 Å². The third-order valence-corrected chi connectivity index (χ3v) is 4.74. The zero-order valence-electron chi connectivity index (χ0n) is 16.7. The maximum atomic E-state index is 13.1. The van der Waals surface area contributed by atoms with Crippen LogP contribution in [0.3, 0.4) is 0 Å². The van der Waals surface area contributed by atoms with Gasteiger partial charge >= 0.3 is 5.69 Å². The molecule has 31 heavy (non-hydrogen) atoms. The molecule has 1 saturated heterocycles. The van der Waals surface area contributed by atoms with Gasteiger partial charge in [-0.15, -0.1) is 0 Å². The molecule has 0 radical (unpaired) electrons. The third-order valence-electron chi connectivity index (χ3n) is 4.46. The number of nitro groups is 1. The highest BCUT2D eigenvalue weighted by Gasteiger charge is 2.35. The van der Waals surface area contributed by atoms with Gasteiger partial charge < -0.3 is 14.2 Å². The number of thiocarbonyl (C=S) groups is 1. The molecule has 1 fully saturated rings. The van der Waals surface area contributed by atoms with Crippen LogP contribution in [-0.4, -0.2) is 43.2 Å². The standard InChI is InChI=1S/C20H17N3O7S/c1-28-13-6-4-12(5-7-13)22-19(25)14(18(24)21-20(22)31)8-11-9-15(23(26)27)17(30-3)10-16(11)29-2/h4-10H,1-3H3,(H,21,24,31)/b14-8-. The van der Waals surface area contributed by atoms with Crippen LogP contribution in [0.2, 0.25) is 0 Å². The molecule has 1 N–H and O–H groups in total. The molecular formula is C20H17N3O7S. The molecule has 0 aliphatic carbocycles. The fourth-order valence-corrected chi connectivity index (χ4v) is 3.22. The lowest BCUT2D eigenvalue weighted by Gasteiger charge is -2.29. The maximum absolute atomic E-state index is 13.1. The fourth-order valence-electron chi connectivity index (χ4n) is 2.94. The molecule has 0 bridgehead atoms. The summed E-state index contributed by atoms with van der Waals surface area (Å²) in [5.74, 6) is -0.696. The second-order valence-corrected chi connectivity index (χ2v) is 6.57. The summed E-state index contributed by atoms with van der Waals surface area (Å²) < 4.78 is 15.4. The Morgan fingerprint density at radius 3 is 2.23 bits per heavy atom. The summed E-state index contributed by atoms with van der Waals surface area (Å²) in [5, 5.41) is 13.7. The average molecular weight is 443 g/mol. The highest BCUT2D eigenvalue weighted by molar-refractivity contribution is 7.80. The van der Waals surface area contributed by atoms with E-state index in [4.69, 9.17) is 26.4 Å². The number of anilines is 1. The number of hydrogen-bond acceptors (Lipinski definition) is 8. The largest absolute Gasteiger partial charge is 0.497 e. The quantitative estimate of drug-likeness (QED) is 0.238. The van der Waals surface area contributed by atoms with Gasteiger partial charge in [0.2, 0.25) is 5.75 Å². The van der Waals surface area contributed by atoms with Gasteiger partial charge in [-0.1, -0.05) is 0 Å². The summed E-state index contributed by atoms with van der Waals surface area (Å²) in [6.07, 6.45) is 1.21. The first-order valence-electron chi connectivity index (χ1n) is 8.76. The van der Waals surface area contributed by atoms with E-state index in [0.717, 1.165) is 11.0 Å². The van der Waals surface area contributed by atoms with Crippen molar-refractivity contribution in [2.24, 2.45) is 0 Å². The molecule has 0 spiro atoms. The van der Waals surface area contributed by atoms with Crippen molar-refractivity contribution in [1.29, 1.82) is 0 Å². The van der Waals surface area contributed by atoms with Crippen LogP contribution in [0.25, 0.3) is 6.08 Å². The number of carbonyl (C=O) groups is 2. The lowest BCUT2D eigenvalue weighted by Crippen LogP contribution is -2.54. The monoisotopic (exact) mass is 443 g/mol. The Hall–Kier alpha value is -3.99. The number of nitrogens with one attached hydrogen (secondary N) is 1. The molecule has 3 rings (SSSR count). The summed E-state index contributed by atoms with van der Waals surface area (Å²) >= 11 is 5.16. The zero-order chi connectivity index (χ0) is 22.7. The minimum atomic E-state index is -0.736. The van der Waals surface area contributed by atoms with E-state index in [1.165, 1.54) is 33.5 Å². The van der Waals surface area contributed by atoms with E-state index in [-0.39, 0.29) is 33.4 Å². The first kappa shape index (κ1) is 21.7. The van der Waals surface area contributed by atoms with Crippen LogP contribution in [0.1, 0.15) is 5.56 Å². The van der Waals surface area contributed by atoms with Crippen molar-refractivity contribution in [2.75, 3.05) is 26.2 Å². The number of amides is 2. The Morgan fingerprint density at radius 1 is 1.03 bits per heavy atom. The van der Waals surface area contributed by atoms with E-state index in [1.54, 1.807) is 24.3 Å². The molecule has 2 amide bonds. The van der Waals surface area contributed by atoms with Gasteiger partial charge in [0.05, 0.1) is 31.9 Å². The van der Waals surface area contributed by atoms with E-state index in [2.05, 4.69) is 5.32 Å². The van der Waals surface area contributed by atoms with Crippen molar-refractivity contribution >= 4 is 46.6 Å². The van der Waals surface area contributed by atoms with Crippen LogP contribution in [0.4, 0.5) is 11.4 Å². The third kappa shape index (κ3) is 4.16. The normalized spacial score (nSPS) is 15.0. The van der Waals surface area contributed by atoms with Gasteiger partial charge in [0.25, 0.3) is 11.8 Å². The van der Waals surface area contributed by atoms with Crippen LogP contribution < -0.4 is 24.4 Å². The summed E-state index contributed by atoms with van der Waals surface area (Å²) in [6.45, 7) is 0. The average Bonchev–Trinajstić information content (AvgIpc) is 2.76. The minimum Gasteiger partial charge on any atom is -0.497 e. The van der Waals surface area contributed by atoms with Gasteiger partial charge in [-0.3, -0.25) is 29.9 Å². The molecule has 0 saturated carbocycles. The maximum Gasteiger partial charge on any atom is 0.311 e. The van der Waals surface area contributed by atoms with Crippen molar-refractivity contribution in [3.05, 3.63) is 57.6 Å². The molecule has 1 heterocycles. The van der Waals surface area contributed by atoms with Crippen LogP contribution in [0.5, 0.6) is 17.2 Å². The van der Waals surface area contributed by atoms with E-state index < -0.39 is 16.7 Å². The molecule has 2 aromatic rings. The van der Waals surface area contributed by atoms with E-state index in [9.17, 15) is 19.7 Å².